The van der Waals surface area contributed by atoms with Gasteiger partial charge in [0.2, 0.25) is 11.8 Å². The Labute approximate surface area is 203 Å². The molecule has 35 heavy (non-hydrogen) atoms. The maximum atomic E-state index is 14.9. The molecule has 2 aliphatic rings. The van der Waals surface area contributed by atoms with Crippen LogP contribution < -0.4 is 20.4 Å². The number of nitrogens with zero attached hydrogens (tertiary/aromatic N) is 3. The Morgan fingerprint density at radius 3 is 2.43 bits per heavy atom. The minimum absolute atomic E-state index is 0.174. The van der Waals surface area contributed by atoms with E-state index in [9.17, 15) is 23.6 Å². The number of piperazine rings is 1. The lowest BCUT2D eigenvalue weighted by Gasteiger charge is -2.36. The highest BCUT2D eigenvalue weighted by Gasteiger charge is 2.33. The second kappa shape index (κ2) is 10.8. The van der Waals surface area contributed by atoms with Crippen molar-refractivity contribution >= 4 is 35.4 Å². The molecule has 192 valence electrons. The van der Waals surface area contributed by atoms with Crippen LogP contribution in [-0.2, 0) is 19.1 Å². The zero-order valence-electron chi connectivity index (χ0n) is 20.4. The number of rotatable bonds is 6. The Morgan fingerprint density at radius 2 is 1.83 bits per heavy atom. The number of anilines is 2. The molecule has 1 aromatic rings. The Bertz CT molecular complexity index is 974. The number of alkyl carbamates (subject to hydrolysis) is 1. The summed E-state index contributed by atoms with van der Waals surface area (Å²) in [5.41, 5.74) is 0.0840. The molecule has 0 unspecified atom stereocenters. The van der Waals surface area contributed by atoms with Crippen molar-refractivity contribution in [2.45, 2.75) is 39.4 Å². The zero-order valence-corrected chi connectivity index (χ0v) is 20.4. The van der Waals surface area contributed by atoms with E-state index in [1.807, 2.05) is 4.90 Å². The van der Waals surface area contributed by atoms with Crippen LogP contribution >= 0.6 is 0 Å². The highest BCUT2D eigenvalue weighted by atomic mass is 19.1. The van der Waals surface area contributed by atoms with Crippen LogP contribution in [-0.4, -0.2) is 86.4 Å². The van der Waals surface area contributed by atoms with Crippen LogP contribution in [0.25, 0.3) is 0 Å². The third kappa shape index (κ3) is 7.20. The summed E-state index contributed by atoms with van der Waals surface area (Å²) in [6.45, 7) is 8.39. The molecular weight excluding hydrogens is 461 g/mol. The first kappa shape index (κ1) is 26.0. The van der Waals surface area contributed by atoms with Gasteiger partial charge in [0.25, 0.3) is 0 Å². The third-order valence-electron chi connectivity index (χ3n) is 5.45. The minimum atomic E-state index is -0.657. The number of carbonyl (C=O) groups excluding carboxylic acids is 4. The summed E-state index contributed by atoms with van der Waals surface area (Å²) in [5, 5.41) is 5.05. The molecule has 3 rings (SSSR count). The number of benzene rings is 1. The number of cyclic esters (lactones) is 1. The van der Waals surface area contributed by atoms with Crippen molar-refractivity contribution in [1.82, 2.24) is 15.5 Å². The lowest BCUT2D eigenvalue weighted by atomic mass is 10.2. The van der Waals surface area contributed by atoms with E-state index in [1.165, 1.54) is 17.9 Å². The van der Waals surface area contributed by atoms with Gasteiger partial charge in [0.1, 0.15) is 24.1 Å². The molecule has 0 aromatic heterocycles. The van der Waals surface area contributed by atoms with E-state index in [0.717, 1.165) is 0 Å². The lowest BCUT2D eigenvalue weighted by Crippen LogP contribution is -2.51. The van der Waals surface area contributed by atoms with Gasteiger partial charge in [0.15, 0.2) is 0 Å². The van der Waals surface area contributed by atoms with Crippen molar-refractivity contribution in [3.05, 3.63) is 24.0 Å². The predicted molar refractivity (Wildman–Crippen MR) is 126 cm³/mol. The van der Waals surface area contributed by atoms with E-state index < -0.39 is 29.7 Å². The number of hydrogen-bond donors (Lipinski definition) is 2. The standard InChI is InChI=1S/C23H32FN5O6/c1-15(30)25-12-17-14-29(22(33)34-17)16-5-6-19(18(24)11-16)27-7-9-28(10-8-27)20(31)13-26-21(32)35-23(2,3)4/h5-6,11,17H,7-10,12-14H2,1-4H3,(H,25,30)(H,26,32)/t17-/m0/s1. The Kier molecular flexibility index (Phi) is 8.03. The van der Waals surface area contributed by atoms with Crippen LogP contribution in [0.5, 0.6) is 0 Å². The van der Waals surface area contributed by atoms with Crippen molar-refractivity contribution in [3.63, 3.8) is 0 Å². The Morgan fingerprint density at radius 1 is 1.14 bits per heavy atom. The SMILES string of the molecule is CC(=O)NC[C@H]1CN(c2ccc(N3CCN(C(=O)CNC(=O)OC(C)(C)C)CC3)c(F)c2)C(=O)O1. The van der Waals surface area contributed by atoms with Gasteiger partial charge in [0.05, 0.1) is 24.5 Å². The summed E-state index contributed by atoms with van der Waals surface area (Å²) in [6.07, 6.45) is -1.76. The lowest BCUT2D eigenvalue weighted by molar-refractivity contribution is -0.130. The van der Waals surface area contributed by atoms with E-state index >= 15 is 0 Å². The molecule has 2 fully saturated rings. The Hall–Kier alpha value is -3.57. The van der Waals surface area contributed by atoms with Gasteiger partial charge in [-0.2, -0.15) is 0 Å². The fourth-order valence-corrected chi connectivity index (χ4v) is 3.79. The predicted octanol–water partition coefficient (Wildman–Crippen LogP) is 1.46. The van der Waals surface area contributed by atoms with E-state index in [4.69, 9.17) is 9.47 Å². The van der Waals surface area contributed by atoms with Crippen LogP contribution in [0.4, 0.5) is 25.4 Å². The number of hydrogen-bond acceptors (Lipinski definition) is 7. The minimum Gasteiger partial charge on any atom is -0.444 e. The molecule has 11 nitrogen and oxygen atoms in total. The van der Waals surface area contributed by atoms with E-state index in [2.05, 4.69) is 10.6 Å². The normalized spacial score (nSPS) is 18.3. The molecule has 0 spiro atoms. The molecule has 12 heteroatoms. The van der Waals surface area contributed by atoms with Gasteiger partial charge in [-0.25, -0.2) is 14.0 Å². The van der Waals surface area contributed by atoms with Crippen molar-refractivity contribution in [3.8, 4) is 0 Å². The van der Waals surface area contributed by atoms with Gasteiger partial charge >= 0.3 is 12.2 Å². The van der Waals surface area contributed by atoms with E-state index in [1.54, 1.807) is 37.8 Å². The maximum Gasteiger partial charge on any atom is 0.414 e. The molecule has 0 radical (unpaired) electrons. The Balaban J connectivity index is 1.51. The molecule has 2 saturated heterocycles. The number of ether oxygens (including phenoxy) is 2. The first-order chi connectivity index (χ1) is 16.4. The molecule has 2 N–H and O–H groups in total. The second-order valence-electron chi connectivity index (χ2n) is 9.41. The summed E-state index contributed by atoms with van der Waals surface area (Å²) in [4.78, 5) is 52.1. The fraction of sp³-hybridized carbons (Fsp3) is 0.565. The van der Waals surface area contributed by atoms with Gasteiger partial charge < -0.3 is 29.9 Å². The summed E-state index contributed by atoms with van der Waals surface area (Å²) >= 11 is 0. The van der Waals surface area contributed by atoms with Gasteiger partial charge in [0, 0.05) is 33.1 Å². The molecule has 1 aromatic carbocycles. The summed E-state index contributed by atoms with van der Waals surface area (Å²) in [6, 6.07) is 4.52. The van der Waals surface area contributed by atoms with E-state index in [0.29, 0.717) is 37.6 Å². The largest absolute Gasteiger partial charge is 0.444 e. The highest BCUT2D eigenvalue weighted by molar-refractivity contribution is 5.90. The van der Waals surface area contributed by atoms with Crippen LogP contribution in [0.3, 0.4) is 0 Å². The molecular formula is C23H32FN5O6. The topological polar surface area (TPSA) is 121 Å². The molecule has 0 aliphatic carbocycles. The average Bonchev–Trinajstić information content (AvgIpc) is 3.15. The van der Waals surface area contributed by atoms with Gasteiger partial charge in [-0.1, -0.05) is 0 Å². The van der Waals surface area contributed by atoms with E-state index in [-0.39, 0.29) is 31.4 Å². The van der Waals surface area contributed by atoms with Crippen molar-refractivity contribution in [2.24, 2.45) is 0 Å². The van der Waals surface area contributed by atoms with Crippen LogP contribution in [0.2, 0.25) is 0 Å². The fourth-order valence-electron chi connectivity index (χ4n) is 3.79. The van der Waals surface area contributed by atoms with Crippen molar-refractivity contribution in [1.29, 1.82) is 0 Å². The maximum absolute atomic E-state index is 14.9. The molecule has 4 amide bonds. The third-order valence-corrected chi connectivity index (χ3v) is 5.45. The summed E-state index contributed by atoms with van der Waals surface area (Å²) < 4.78 is 25.3. The molecule has 2 aliphatic heterocycles. The average molecular weight is 494 g/mol. The quantitative estimate of drug-likeness (QED) is 0.616. The van der Waals surface area contributed by atoms with Crippen molar-refractivity contribution < 1.29 is 33.0 Å². The number of nitrogens with one attached hydrogen (secondary N) is 2. The van der Waals surface area contributed by atoms with Crippen LogP contribution in [0, 0.1) is 5.82 Å². The smallest absolute Gasteiger partial charge is 0.414 e. The highest BCUT2D eigenvalue weighted by Crippen LogP contribution is 2.28. The number of carbonyl (C=O) groups is 4. The first-order valence-electron chi connectivity index (χ1n) is 11.4. The molecule has 2 heterocycles. The van der Waals surface area contributed by atoms with Gasteiger partial charge in [-0.3, -0.25) is 14.5 Å². The summed E-state index contributed by atoms with van der Waals surface area (Å²) in [7, 11) is 0. The number of halogens is 1. The number of amides is 4. The molecule has 1 atom stereocenters. The van der Waals surface area contributed by atoms with Crippen LogP contribution in [0.1, 0.15) is 27.7 Å². The second-order valence-corrected chi connectivity index (χ2v) is 9.41. The van der Waals surface area contributed by atoms with Crippen LogP contribution in [0.15, 0.2) is 18.2 Å². The molecule has 0 bridgehead atoms. The zero-order chi connectivity index (χ0) is 25.8. The first-order valence-corrected chi connectivity index (χ1v) is 11.4. The van der Waals surface area contributed by atoms with Gasteiger partial charge in [-0.05, 0) is 39.0 Å². The monoisotopic (exact) mass is 493 g/mol. The molecule has 0 saturated carbocycles. The van der Waals surface area contributed by atoms with Crippen molar-refractivity contribution in [2.75, 3.05) is 55.6 Å². The van der Waals surface area contributed by atoms with Gasteiger partial charge in [-0.15, -0.1) is 0 Å². The summed E-state index contributed by atoms with van der Waals surface area (Å²) in [5.74, 6) is -0.962.